The van der Waals surface area contributed by atoms with E-state index in [0.717, 1.165) is 11.0 Å². The van der Waals surface area contributed by atoms with Crippen LogP contribution in [0, 0.1) is 5.82 Å². The zero-order chi connectivity index (χ0) is 23.0. The summed E-state index contributed by atoms with van der Waals surface area (Å²) < 4.78 is 24.0. The Labute approximate surface area is 190 Å². The first-order valence-electron chi connectivity index (χ1n) is 9.31. The first kappa shape index (κ1) is 22.0. The number of β-lactam (4-membered cyclic amide) rings is 1. The second kappa shape index (κ2) is 8.71. The van der Waals surface area contributed by atoms with Crippen molar-refractivity contribution in [2.24, 2.45) is 0 Å². The van der Waals surface area contributed by atoms with Crippen molar-refractivity contribution in [3.05, 3.63) is 76.6 Å². The summed E-state index contributed by atoms with van der Waals surface area (Å²) in [7, 11) is 0. The minimum atomic E-state index is -1.22. The van der Waals surface area contributed by atoms with Gasteiger partial charge in [0, 0.05) is 5.75 Å². The predicted octanol–water partition coefficient (Wildman–Crippen LogP) is 3.19. The van der Waals surface area contributed by atoms with Gasteiger partial charge in [0.1, 0.15) is 41.0 Å². The molecule has 11 heteroatoms. The molecule has 2 aromatic rings. The molecule has 2 amide bonds. The Balaban J connectivity index is 1.39. The number of hydrogen-bond acceptors (Lipinski definition) is 6. The molecule has 0 aliphatic carbocycles. The van der Waals surface area contributed by atoms with E-state index in [2.05, 4.69) is 11.9 Å². The first-order valence-corrected chi connectivity index (χ1v) is 10.7. The van der Waals surface area contributed by atoms with E-state index in [0.29, 0.717) is 17.1 Å². The van der Waals surface area contributed by atoms with Gasteiger partial charge in [0.15, 0.2) is 5.76 Å². The van der Waals surface area contributed by atoms with Gasteiger partial charge in [0.2, 0.25) is 0 Å². The molecule has 2 aliphatic heterocycles. The zero-order valence-corrected chi connectivity index (χ0v) is 17.9. The number of carbonyl (C=O) groups excluding carboxylic acids is 2. The van der Waals surface area contributed by atoms with Crippen LogP contribution in [0.1, 0.15) is 16.3 Å². The highest BCUT2D eigenvalue weighted by molar-refractivity contribution is 8.00. The van der Waals surface area contributed by atoms with Gasteiger partial charge in [-0.25, -0.2) is 9.18 Å². The fourth-order valence-electron chi connectivity index (χ4n) is 3.33. The third-order valence-corrected chi connectivity index (χ3v) is 6.48. The maximum Gasteiger partial charge on any atom is 0.352 e. The van der Waals surface area contributed by atoms with Crippen molar-refractivity contribution in [1.82, 2.24) is 10.2 Å². The number of nitrogens with one attached hydrogen (secondary N) is 1. The SMILES string of the molecule is C=CC1=C(C(=O)O)N2C(=O)[C@@H](NC(=O)c3ccc(COc4ccc(F)cc4Cl)o3)[C@H]2SC1. The van der Waals surface area contributed by atoms with Crippen molar-refractivity contribution in [3.63, 3.8) is 0 Å². The van der Waals surface area contributed by atoms with E-state index < -0.39 is 35.0 Å². The number of carbonyl (C=O) groups is 3. The van der Waals surface area contributed by atoms with Crippen molar-refractivity contribution in [1.29, 1.82) is 0 Å². The van der Waals surface area contributed by atoms with Crippen molar-refractivity contribution < 1.29 is 33.0 Å². The monoisotopic (exact) mass is 478 g/mol. The van der Waals surface area contributed by atoms with E-state index in [4.69, 9.17) is 20.8 Å². The van der Waals surface area contributed by atoms with E-state index in [-0.39, 0.29) is 28.8 Å². The van der Waals surface area contributed by atoms with Crippen LogP contribution in [0.25, 0.3) is 0 Å². The van der Waals surface area contributed by atoms with Crippen LogP contribution in [0.2, 0.25) is 5.02 Å². The number of aliphatic carboxylic acids is 1. The number of hydrogen-bond donors (Lipinski definition) is 2. The van der Waals surface area contributed by atoms with E-state index in [1.807, 2.05) is 0 Å². The number of benzene rings is 1. The van der Waals surface area contributed by atoms with Crippen LogP contribution < -0.4 is 10.1 Å². The van der Waals surface area contributed by atoms with Gasteiger partial charge in [-0.3, -0.25) is 14.5 Å². The molecule has 0 unspecified atom stereocenters. The molecule has 2 atom stereocenters. The quantitative estimate of drug-likeness (QED) is 0.588. The molecule has 1 aromatic carbocycles. The molecule has 8 nitrogen and oxygen atoms in total. The lowest BCUT2D eigenvalue weighted by molar-refractivity contribution is -0.148. The summed E-state index contributed by atoms with van der Waals surface area (Å²) in [5.74, 6) is -1.96. The van der Waals surface area contributed by atoms with Crippen LogP contribution in [0.15, 0.2) is 58.7 Å². The molecular weight excluding hydrogens is 463 g/mol. The molecule has 0 bridgehead atoms. The standard InChI is InChI=1S/C21H16ClFN2O6S/c1-2-10-9-32-20-16(19(27)25(20)17(10)21(28)29)24-18(26)15-6-4-12(31-15)8-30-14-5-3-11(23)7-13(14)22/h2-7,16,20H,1,8-9H2,(H,24,26)(H,28,29)/t16-,20-/m1/s1. The lowest BCUT2D eigenvalue weighted by atomic mass is 10.0. The number of rotatable bonds is 7. The number of ether oxygens (including phenoxy) is 1. The number of allylic oxidation sites excluding steroid dienone is 1. The topological polar surface area (TPSA) is 109 Å². The van der Waals surface area contributed by atoms with Crippen LogP contribution >= 0.6 is 23.4 Å². The molecule has 1 fully saturated rings. The minimum absolute atomic E-state index is 0.0401. The summed E-state index contributed by atoms with van der Waals surface area (Å²) in [6.45, 7) is 3.54. The van der Waals surface area contributed by atoms with Gasteiger partial charge in [-0.2, -0.15) is 0 Å². The number of furan rings is 1. The Morgan fingerprint density at radius 2 is 2.19 bits per heavy atom. The number of halogens is 2. The van der Waals surface area contributed by atoms with Crippen LogP contribution in [0.4, 0.5) is 4.39 Å². The van der Waals surface area contributed by atoms with Crippen molar-refractivity contribution in [2.75, 3.05) is 5.75 Å². The lowest BCUT2D eigenvalue weighted by Gasteiger charge is -2.49. The van der Waals surface area contributed by atoms with Crippen molar-refractivity contribution >= 4 is 41.1 Å². The maximum absolute atomic E-state index is 13.1. The van der Waals surface area contributed by atoms with Gasteiger partial charge in [-0.15, -0.1) is 11.8 Å². The number of amides is 2. The molecule has 2 N–H and O–H groups in total. The Morgan fingerprint density at radius 1 is 1.41 bits per heavy atom. The zero-order valence-electron chi connectivity index (χ0n) is 16.3. The highest BCUT2D eigenvalue weighted by atomic mass is 35.5. The van der Waals surface area contributed by atoms with Gasteiger partial charge in [-0.05, 0) is 35.9 Å². The largest absolute Gasteiger partial charge is 0.484 e. The highest BCUT2D eigenvalue weighted by Crippen LogP contribution is 2.40. The van der Waals surface area contributed by atoms with Crippen LogP contribution in [-0.4, -0.2) is 45.0 Å². The Morgan fingerprint density at radius 3 is 2.88 bits per heavy atom. The summed E-state index contributed by atoms with van der Waals surface area (Å²) in [6.07, 6.45) is 1.41. The van der Waals surface area contributed by atoms with Gasteiger partial charge < -0.3 is 19.6 Å². The fourth-order valence-corrected chi connectivity index (χ4v) is 4.89. The van der Waals surface area contributed by atoms with E-state index >= 15 is 0 Å². The predicted molar refractivity (Wildman–Crippen MR) is 114 cm³/mol. The van der Waals surface area contributed by atoms with E-state index in [9.17, 15) is 23.9 Å². The first-order chi connectivity index (χ1) is 15.3. The molecule has 2 aliphatic rings. The summed E-state index contributed by atoms with van der Waals surface area (Å²) in [6, 6.07) is 5.76. The lowest BCUT2D eigenvalue weighted by Crippen LogP contribution is -2.70. The molecule has 1 saturated heterocycles. The average Bonchev–Trinajstić information content (AvgIpc) is 3.24. The molecule has 0 radical (unpaired) electrons. The van der Waals surface area contributed by atoms with Crippen molar-refractivity contribution in [2.45, 2.75) is 18.0 Å². The number of nitrogens with zero attached hydrogens (tertiary/aromatic N) is 1. The number of fused-ring (bicyclic) bond motifs is 1. The molecule has 3 heterocycles. The number of thioether (sulfide) groups is 1. The van der Waals surface area contributed by atoms with Gasteiger partial charge in [-0.1, -0.05) is 24.3 Å². The molecule has 4 rings (SSSR count). The van der Waals surface area contributed by atoms with E-state index in [1.165, 1.54) is 42.1 Å². The molecule has 166 valence electrons. The third kappa shape index (κ3) is 3.98. The van der Waals surface area contributed by atoms with Gasteiger partial charge >= 0.3 is 5.97 Å². The molecule has 32 heavy (non-hydrogen) atoms. The molecule has 1 aromatic heterocycles. The smallest absolute Gasteiger partial charge is 0.352 e. The van der Waals surface area contributed by atoms with E-state index in [1.54, 1.807) is 0 Å². The van der Waals surface area contributed by atoms with Gasteiger partial charge in [0.25, 0.3) is 11.8 Å². The van der Waals surface area contributed by atoms with Crippen LogP contribution in [0.3, 0.4) is 0 Å². The summed E-state index contributed by atoms with van der Waals surface area (Å²) in [4.78, 5) is 37.8. The fraction of sp³-hybridized carbons (Fsp3) is 0.190. The highest BCUT2D eigenvalue weighted by Gasteiger charge is 2.54. The van der Waals surface area contributed by atoms with Crippen LogP contribution in [0.5, 0.6) is 5.75 Å². The second-order valence-corrected chi connectivity index (χ2v) is 8.39. The molecular formula is C21H16ClFN2O6S. The Bertz CT molecular complexity index is 1160. The number of carboxylic acid groups (broad SMARTS) is 1. The molecule has 0 saturated carbocycles. The summed E-state index contributed by atoms with van der Waals surface area (Å²) in [5.41, 5.74) is 0.338. The third-order valence-electron chi connectivity index (χ3n) is 4.88. The van der Waals surface area contributed by atoms with Crippen LogP contribution in [-0.2, 0) is 16.2 Å². The Kier molecular flexibility index (Phi) is 5.98. The maximum atomic E-state index is 13.1. The normalized spacial score (nSPS) is 19.8. The average molecular weight is 479 g/mol. The number of carboxylic acids is 1. The second-order valence-electron chi connectivity index (χ2n) is 6.87. The van der Waals surface area contributed by atoms with Gasteiger partial charge in [0.05, 0.1) is 5.02 Å². The summed E-state index contributed by atoms with van der Waals surface area (Å²) in [5, 5.41) is 11.6. The Hall–Kier alpha value is -3.24. The summed E-state index contributed by atoms with van der Waals surface area (Å²) >= 11 is 7.24. The van der Waals surface area contributed by atoms with Crippen molar-refractivity contribution in [3.8, 4) is 5.75 Å². The minimum Gasteiger partial charge on any atom is -0.484 e. The molecule has 0 spiro atoms.